The van der Waals surface area contributed by atoms with Gasteiger partial charge in [-0.1, -0.05) is 48.5 Å². The first-order chi connectivity index (χ1) is 35.4. The van der Waals surface area contributed by atoms with Crippen molar-refractivity contribution in [3.05, 3.63) is 142 Å². The Kier molecular flexibility index (Phi) is 14.0. The Labute approximate surface area is 433 Å². The minimum absolute atomic E-state index is 0.0816. The van der Waals surface area contributed by atoms with E-state index in [1.54, 1.807) is 0 Å². The van der Waals surface area contributed by atoms with Gasteiger partial charge in [0.15, 0.2) is 0 Å². The van der Waals surface area contributed by atoms with E-state index in [0.29, 0.717) is 62.3 Å². The van der Waals surface area contributed by atoms with Crippen LogP contribution in [0.25, 0.3) is 22.3 Å². The zero-order valence-corrected chi connectivity index (χ0v) is 44.1. The molecule has 14 nitrogen and oxygen atoms in total. The number of aryl methyl sites for hydroxylation is 4. The van der Waals surface area contributed by atoms with Crippen molar-refractivity contribution in [3.63, 3.8) is 0 Å². The first-order valence-corrected chi connectivity index (χ1v) is 29.2. The molecule has 0 radical (unpaired) electrons. The van der Waals surface area contributed by atoms with Gasteiger partial charge < -0.3 is 44.2 Å². The Morgan fingerprint density at radius 2 is 0.973 bits per heavy atom. The summed E-state index contributed by atoms with van der Waals surface area (Å²) in [5, 5.41) is 18.1. The van der Waals surface area contributed by atoms with E-state index < -0.39 is 43.4 Å². The average Bonchev–Trinajstić information content (AvgIpc) is 4.15. The molecule has 4 aliphatic heterocycles. The molecule has 388 valence electrons. The van der Waals surface area contributed by atoms with Crippen LogP contribution in [-0.2, 0) is 24.5 Å². The van der Waals surface area contributed by atoms with E-state index >= 15 is 0 Å². The summed E-state index contributed by atoms with van der Waals surface area (Å²) in [5.41, 5.74) is 13.6. The molecular formula is C58H62N2O12S2. The summed E-state index contributed by atoms with van der Waals surface area (Å²) >= 11 is 0. The normalized spacial score (nSPS) is 18.3. The van der Waals surface area contributed by atoms with Crippen LogP contribution in [-0.4, -0.2) is 91.6 Å². The zero-order valence-electron chi connectivity index (χ0n) is 42.4. The van der Waals surface area contributed by atoms with Gasteiger partial charge in [0.05, 0.1) is 55.9 Å². The molecule has 0 bridgehead atoms. The highest BCUT2D eigenvalue weighted by Gasteiger charge is 2.45. The molecule has 4 aliphatic rings. The second-order valence-electron chi connectivity index (χ2n) is 20.2. The summed E-state index contributed by atoms with van der Waals surface area (Å²) in [4.78, 5) is 13.3. The molecule has 0 spiro atoms. The maximum Gasteiger partial charge on any atom is 0.308 e. The standard InChI is InChI=1S/C58H62N2O12S2/c1-33-23-39(67-19-9-21-73(5,63)64)24-34(2)53(33)45-13-7-11-43-49(31-71-56(43)45)59-37-15-17-41-47(29-69-51(41)27-37)55(58(61)62)48-30-70-52-28-38(16-18-42(48)52)60-50-32-72-57-44(50)12-8-14-46(57)54-35(3)25-40(26-36(54)4)68-20-10-22-74(6,65)66/h7-8,11-18,23-28,47-50,55,59-60H,9-10,19-22,29-32H2,1-6H3,(H,61,62)/t47-,48-,49-,50-/m1/s1. The number of para-hydroxylation sites is 2. The molecule has 4 atom stereocenters. The fourth-order valence-electron chi connectivity index (χ4n) is 11.3. The summed E-state index contributed by atoms with van der Waals surface area (Å²) in [5.74, 6) is 2.00. The van der Waals surface area contributed by atoms with Crippen LogP contribution >= 0.6 is 0 Å². The molecule has 0 aliphatic carbocycles. The van der Waals surface area contributed by atoms with Crippen LogP contribution in [0.15, 0.2) is 97.1 Å². The van der Waals surface area contributed by atoms with E-state index in [9.17, 15) is 26.7 Å². The molecule has 6 aromatic carbocycles. The summed E-state index contributed by atoms with van der Waals surface area (Å²) in [6, 6.07) is 31.8. The second kappa shape index (κ2) is 20.4. The SMILES string of the molecule is Cc1cc(OCCCS(C)(=O)=O)cc(C)c1-c1cccc2c1OC[C@H]2Nc1ccc2c(c1)OC[C@H]2C(C(=O)O)[C@@H]1COc2cc(N[C@@H]3COc4c(-c5c(C)cc(OCCCS(C)(=O)=O)cc5C)cccc43)ccc21. The maximum atomic E-state index is 13.3. The first kappa shape index (κ1) is 50.6. The van der Waals surface area contributed by atoms with E-state index in [1.807, 2.05) is 100 Å². The van der Waals surface area contributed by atoms with Crippen molar-refractivity contribution in [1.29, 1.82) is 0 Å². The highest BCUT2D eigenvalue weighted by atomic mass is 32.2. The number of hydrogen-bond donors (Lipinski definition) is 3. The number of fused-ring (bicyclic) bond motifs is 4. The molecule has 3 N–H and O–H groups in total. The third-order valence-corrected chi connectivity index (χ3v) is 16.6. The van der Waals surface area contributed by atoms with Crippen LogP contribution in [0.1, 0.15) is 81.3 Å². The Morgan fingerprint density at radius 1 is 0.568 bits per heavy atom. The van der Waals surface area contributed by atoms with Gasteiger partial charge in [0.1, 0.15) is 67.4 Å². The van der Waals surface area contributed by atoms with E-state index in [4.69, 9.17) is 28.4 Å². The quantitative estimate of drug-likeness (QED) is 0.0651. The van der Waals surface area contributed by atoms with Gasteiger partial charge in [0.2, 0.25) is 0 Å². The Balaban J connectivity index is 0.798. The number of carboxylic acid groups (broad SMARTS) is 1. The minimum atomic E-state index is -3.05. The van der Waals surface area contributed by atoms with Crippen molar-refractivity contribution < 1.29 is 55.2 Å². The number of carbonyl (C=O) groups is 1. The number of rotatable bonds is 19. The molecule has 0 amide bonds. The monoisotopic (exact) mass is 1040 g/mol. The van der Waals surface area contributed by atoms with Crippen molar-refractivity contribution in [1.82, 2.24) is 0 Å². The Bertz CT molecular complexity index is 3130. The Hall–Kier alpha value is -6.91. The van der Waals surface area contributed by atoms with Crippen molar-refractivity contribution >= 4 is 37.0 Å². The number of benzene rings is 6. The molecule has 0 saturated carbocycles. The number of ether oxygens (including phenoxy) is 6. The molecule has 0 aromatic heterocycles. The number of hydrogen-bond acceptors (Lipinski definition) is 13. The van der Waals surface area contributed by atoms with E-state index in [-0.39, 0.29) is 36.8 Å². The first-order valence-electron chi connectivity index (χ1n) is 25.0. The predicted molar refractivity (Wildman–Crippen MR) is 287 cm³/mol. The summed E-state index contributed by atoms with van der Waals surface area (Å²) < 4.78 is 83.4. The average molecular weight is 1040 g/mol. The van der Waals surface area contributed by atoms with E-state index in [2.05, 4.69) is 34.9 Å². The lowest BCUT2D eigenvalue weighted by molar-refractivity contribution is -0.143. The summed E-state index contributed by atoms with van der Waals surface area (Å²) in [6.07, 6.45) is 3.31. The van der Waals surface area contributed by atoms with Crippen LogP contribution in [0, 0.1) is 33.6 Å². The highest BCUT2D eigenvalue weighted by Crippen LogP contribution is 2.51. The van der Waals surface area contributed by atoms with E-state index in [0.717, 1.165) is 89.6 Å². The van der Waals surface area contributed by atoms with Gasteiger partial charge in [0, 0.05) is 81.2 Å². The van der Waals surface area contributed by atoms with Crippen LogP contribution in [0.4, 0.5) is 11.4 Å². The summed E-state index contributed by atoms with van der Waals surface area (Å²) in [7, 11) is -6.10. The highest BCUT2D eigenvalue weighted by molar-refractivity contribution is 7.90. The lowest BCUT2D eigenvalue weighted by Gasteiger charge is -2.24. The lowest BCUT2D eigenvalue weighted by Crippen LogP contribution is -2.30. The van der Waals surface area contributed by atoms with Gasteiger partial charge in [-0.2, -0.15) is 0 Å². The van der Waals surface area contributed by atoms with Gasteiger partial charge in [-0.3, -0.25) is 4.79 Å². The van der Waals surface area contributed by atoms with Gasteiger partial charge in [-0.15, -0.1) is 0 Å². The van der Waals surface area contributed by atoms with Crippen molar-refractivity contribution in [2.75, 3.05) is 74.3 Å². The molecule has 4 heterocycles. The number of carboxylic acids is 1. The fourth-order valence-corrected chi connectivity index (χ4v) is 12.6. The third-order valence-electron chi connectivity index (χ3n) is 14.5. The van der Waals surface area contributed by atoms with Gasteiger partial charge in [-0.05, 0) is 110 Å². The smallest absolute Gasteiger partial charge is 0.308 e. The zero-order chi connectivity index (χ0) is 52.1. The molecule has 0 unspecified atom stereocenters. The van der Waals surface area contributed by atoms with Crippen molar-refractivity contribution in [2.45, 2.75) is 64.5 Å². The van der Waals surface area contributed by atoms with Crippen LogP contribution in [0.5, 0.6) is 34.5 Å². The Morgan fingerprint density at radius 3 is 1.35 bits per heavy atom. The molecule has 10 rings (SSSR count). The fraction of sp³-hybridized carbons (Fsp3) is 0.362. The predicted octanol–water partition coefficient (Wildman–Crippen LogP) is 10.3. The topological polar surface area (TPSA) is 185 Å². The molecule has 16 heteroatoms. The minimum Gasteiger partial charge on any atom is -0.494 e. The van der Waals surface area contributed by atoms with Crippen molar-refractivity contribution in [3.8, 4) is 56.8 Å². The van der Waals surface area contributed by atoms with E-state index in [1.165, 1.54) is 12.5 Å². The maximum absolute atomic E-state index is 13.3. The van der Waals surface area contributed by atoms with Crippen LogP contribution in [0.2, 0.25) is 0 Å². The molecule has 0 fully saturated rings. The van der Waals surface area contributed by atoms with Crippen LogP contribution in [0.3, 0.4) is 0 Å². The molecule has 0 saturated heterocycles. The number of aliphatic carboxylic acids is 1. The second-order valence-corrected chi connectivity index (χ2v) is 24.7. The largest absolute Gasteiger partial charge is 0.494 e. The van der Waals surface area contributed by atoms with Gasteiger partial charge >= 0.3 is 5.97 Å². The number of anilines is 2. The van der Waals surface area contributed by atoms with Crippen molar-refractivity contribution in [2.24, 2.45) is 5.92 Å². The van der Waals surface area contributed by atoms with Gasteiger partial charge in [0.25, 0.3) is 0 Å². The molecule has 6 aromatic rings. The third kappa shape index (κ3) is 10.6. The number of nitrogens with one attached hydrogen (secondary N) is 2. The molecule has 74 heavy (non-hydrogen) atoms. The number of sulfone groups is 2. The lowest BCUT2D eigenvalue weighted by atomic mass is 9.76. The molecular weight excluding hydrogens is 981 g/mol. The van der Waals surface area contributed by atoms with Crippen LogP contribution < -0.4 is 39.1 Å². The summed E-state index contributed by atoms with van der Waals surface area (Å²) in [6.45, 7) is 10.1. The van der Waals surface area contributed by atoms with Gasteiger partial charge in [-0.25, -0.2) is 16.8 Å².